The third kappa shape index (κ3) is 4.80. The molecule has 2 aromatic rings. The van der Waals surface area contributed by atoms with Crippen LogP contribution in [-0.2, 0) is 9.53 Å². The Morgan fingerprint density at radius 3 is 2.33 bits per heavy atom. The average molecular weight is 410 g/mol. The highest BCUT2D eigenvalue weighted by atomic mass is 16.6. The maximum atomic E-state index is 13.2. The normalized spacial score (nSPS) is 16.2. The fraction of sp³-hybridized carbons (Fsp3) is 0.391. The number of hydrogen-bond acceptors (Lipinski definition) is 6. The standard InChI is InChI=1S/C23H26N2O5/c1-16-2-4-17(5-3-16)23(27)18-14-20-21(30-13-12-29-20)15-19(18)24-22(26)6-7-25-8-10-28-11-9-25/h2-5,14-15H,6-13H2,1H3,(H,24,26). The van der Waals surface area contributed by atoms with Gasteiger partial charge in [0.05, 0.1) is 24.5 Å². The van der Waals surface area contributed by atoms with E-state index in [1.807, 2.05) is 19.1 Å². The van der Waals surface area contributed by atoms with Crippen LogP contribution in [0.25, 0.3) is 0 Å². The SMILES string of the molecule is Cc1ccc(C(=O)c2cc3c(cc2NC(=O)CCN2CCOCC2)OCCO3)cc1. The van der Waals surface area contributed by atoms with Gasteiger partial charge in [0.15, 0.2) is 17.3 Å². The van der Waals surface area contributed by atoms with Crippen LogP contribution in [0.3, 0.4) is 0 Å². The van der Waals surface area contributed by atoms with E-state index >= 15 is 0 Å². The van der Waals surface area contributed by atoms with Crippen LogP contribution < -0.4 is 14.8 Å². The van der Waals surface area contributed by atoms with Gasteiger partial charge in [-0.2, -0.15) is 0 Å². The highest BCUT2D eigenvalue weighted by Gasteiger charge is 2.22. The number of carbonyl (C=O) groups excluding carboxylic acids is 2. The van der Waals surface area contributed by atoms with E-state index in [1.54, 1.807) is 24.3 Å². The first-order chi connectivity index (χ1) is 14.6. The molecule has 0 unspecified atom stereocenters. The Labute approximate surface area is 175 Å². The molecular formula is C23H26N2O5. The Bertz CT molecular complexity index is 920. The Kier molecular flexibility index (Phi) is 6.30. The molecule has 1 saturated heterocycles. The van der Waals surface area contributed by atoms with Gasteiger partial charge in [-0.25, -0.2) is 0 Å². The van der Waals surface area contributed by atoms with Crippen LogP contribution in [-0.4, -0.2) is 62.7 Å². The third-order valence-corrected chi connectivity index (χ3v) is 5.27. The lowest BCUT2D eigenvalue weighted by molar-refractivity contribution is -0.116. The van der Waals surface area contributed by atoms with Gasteiger partial charge in [0.1, 0.15) is 13.2 Å². The van der Waals surface area contributed by atoms with Gasteiger partial charge in [-0.3, -0.25) is 14.5 Å². The van der Waals surface area contributed by atoms with Crippen molar-refractivity contribution in [2.24, 2.45) is 0 Å². The molecule has 0 aliphatic carbocycles. The van der Waals surface area contributed by atoms with E-state index in [9.17, 15) is 9.59 Å². The molecule has 2 aromatic carbocycles. The number of morpholine rings is 1. The summed E-state index contributed by atoms with van der Waals surface area (Å²) in [4.78, 5) is 28.0. The highest BCUT2D eigenvalue weighted by Crippen LogP contribution is 2.36. The molecular weight excluding hydrogens is 384 g/mol. The molecule has 2 aliphatic rings. The molecule has 0 saturated carbocycles. The van der Waals surface area contributed by atoms with Crippen molar-refractivity contribution in [1.29, 1.82) is 0 Å². The molecule has 0 bridgehead atoms. The first-order valence-electron chi connectivity index (χ1n) is 10.2. The Morgan fingerprint density at radius 2 is 1.63 bits per heavy atom. The fourth-order valence-corrected chi connectivity index (χ4v) is 3.54. The molecule has 2 heterocycles. The molecule has 1 fully saturated rings. The van der Waals surface area contributed by atoms with Crippen molar-refractivity contribution in [3.05, 3.63) is 53.1 Å². The van der Waals surface area contributed by atoms with Crippen molar-refractivity contribution in [2.75, 3.05) is 51.4 Å². The zero-order valence-corrected chi connectivity index (χ0v) is 17.1. The summed E-state index contributed by atoms with van der Waals surface area (Å²) >= 11 is 0. The molecule has 7 heteroatoms. The molecule has 158 valence electrons. The molecule has 7 nitrogen and oxygen atoms in total. The number of fused-ring (bicyclic) bond motifs is 1. The minimum Gasteiger partial charge on any atom is -0.486 e. The van der Waals surface area contributed by atoms with Crippen LogP contribution in [0.15, 0.2) is 36.4 Å². The van der Waals surface area contributed by atoms with Gasteiger partial charge >= 0.3 is 0 Å². The van der Waals surface area contributed by atoms with Crippen molar-refractivity contribution in [2.45, 2.75) is 13.3 Å². The molecule has 1 N–H and O–H groups in total. The first-order valence-corrected chi connectivity index (χ1v) is 10.2. The summed E-state index contributed by atoms with van der Waals surface area (Å²) in [6.07, 6.45) is 0.340. The van der Waals surface area contributed by atoms with E-state index in [1.165, 1.54) is 0 Å². The van der Waals surface area contributed by atoms with Gasteiger partial charge in [-0.1, -0.05) is 29.8 Å². The Balaban J connectivity index is 1.54. The maximum Gasteiger partial charge on any atom is 0.225 e. The van der Waals surface area contributed by atoms with Gasteiger partial charge in [0.2, 0.25) is 5.91 Å². The predicted molar refractivity (Wildman–Crippen MR) is 113 cm³/mol. The van der Waals surface area contributed by atoms with Crippen molar-refractivity contribution in [3.63, 3.8) is 0 Å². The van der Waals surface area contributed by atoms with E-state index in [0.717, 1.165) is 18.7 Å². The zero-order chi connectivity index (χ0) is 20.9. The van der Waals surface area contributed by atoms with Crippen LogP contribution in [0.4, 0.5) is 5.69 Å². The summed E-state index contributed by atoms with van der Waals surface area (Å²) in [6.45, 7) is 6.53. The number of nitrogens with zero attached hydrogens (tertiary/aromatic N) is 1. The van der Waals surface area contributed by atoms with Crippen molar-refractivity contribution in [3.8, 4) is 11.5 Å². The number of benzene rings is 2. The lowest BCUT2D eigenvalue weighted by Gasteiger charge is -2.26. The van der Waals surface area contributed by atoms with Crippen LogP contribution in [0.1, 0.15) is 27.9 Å². The van der Waals surface area contributed by atoms with Gasteiger partial charge < -0.3 is 19.5 Å². The summed E-state index contributed by atoms with van der Waals surface area (Å²) in [5, 5.41) is 2.91. The highest BCUT2D eigenvalue weighted by molar-refractivity contribution is 6.14. The van der Waals surface area contributed by atoms with Crippen LogP contribution >= 0.6 is 0 Å². The van der Waals surface area contributed by atoms with Crippen molar-refractivity contribution in [1.82, 2.24) is 4.90 Å². The van der Waals surface area contributed by atoms with E-state index in [-0.39, 0.29) is 11.7 Å². The number of anilines is 1. The van der Waals surface area contributed by atoms with Gasteiger partial charge in [0, 0.05) is 37.7 Å². The predicted octanol–water partition coefficient (Wildman–Crippen LogP) is 2.66. The van der Waals surface area contributed by atoms with E-state index in [4.69, 9.17) is 14.2 Å². The van der Waals surface area contributed by atoms with Crippen LogP contribution in [0, 0.1) is 6.92 Å². The lowest BCUT2D eigenvalue weighted by Crippen LogP contribution is -2.38. The van der Waals surface area contributed by atoms with Gasteiger partial charge in [-0.05, 0) is 13.0 Å². The van der Waals surface area contributed by atoms with Gasteiger partial charge in [0.25, 0.3) is 0 Å². The number of amides is 1. The largest absolute Gasteiger partial charge is 0.486 e. The molecule has 0 spiro atoms. The minimum atomic E-state index is -0.171. The summed E-state index contributed by atoms with van der Waals surface area (Å²) < 4.78 is 16.6. The number of ketones is 1. The Hall–Kier alpha value is -2.90. The number of ether oxygens (including phenoxy) is 3. The molecule has 0 aromatic heterocycles. The first kappa shape index (κ1) is 20.4. The number of aryl methyl sites for hydroxylation is 1. The summed E-state index contributed by atoms with van der Waals surface area (Å²) in [6, 6.07) is 10.7. The second-order valence-corrected chi connectivity index (χ2v) is 7.49. The lowest BCUT2D eigenvalue weighted by atomic mass is 9.99. The van der Waals surface area contributed by atoms with E-state index in [2.05, 4.69) is 10.2 Å². The maximum absolute atomic E-state index is 13.2. The van der Waals surface area contributed by atoms with Crippen LogP contribution in [0.2, 0.25) is 0 Å². The molecule has 4 rings (SSSR count). The summed E-state index contributed by atoms with van der Waals surface area (Å²) in [5.41, 5.74) is 2.46. The monoisotopic (exact) mass is 410 g/mol. The number of rotatable bonds is 6. The molecule has 2 aliphatic heterocycles. The molecule has 30 heavy (non-hydrogen) atoms. The zero-order valence-electron chi connectivity index (χ0n) is 17.1. The number of carbonyl (C=O) groups is 2. The fourth-order valence-electron chi connectivity index (χ4n) is 3.54. The van der Waals surface area contributed by atoms with E-state index < -0.39 is 0 Å². The number of nitrogens with one attached hydrogen (secondary N) is 1. The van der Waals surface area contributed by atoms with Crippen LogP contribution in [0.5, 0.6) is 11.5 Å². The topological polar surface area (TPSA) is 77.1 Å². The molecule has 0 radical (unpaired) electrons. The molecule has 0 atom stereocenters. The average Bonchev–Trinajstić information content (AvgIpc) is 2.78. The third-order valence-electron chi connectivity index (χ3n) is 5.27. The second-order valence-electron chi connectivity index (χ2n) is 7.49. The smallest absolute Gasteiger partial charge is 0.225 e. The van der Waals surface area contributed by atoms with Crippen molar-refractivity contribution < 1.29 is 23.8 Å². The molecule has 1 amide bonds. The van der Waals surface area contributed by atoms with Gasteiger partial charge in [-0.15, -0.1) is 0 Å². The van der Waals surface area contributed by atoms with Crippen molar-refractivity contribution >= 4 is 17.4 Å². The second kappa shape index (κ2) is 9.28. The Morgan fingerprint density at radius 1 is 0.967 bits per heavy atom. The van der Waals surface area contributed by atoms with E-state index in [0.29, 0.717) is 67.7 Å². The number of hydrogen-bond donors (Lipinski definition) is 1. The minimum absolute atomic E-state index is 0.142. The summed E-state index contributed by atoms with van der Waals surface area (Å²) in [7, 11) is 0. The quantitative estimate of drug-likeness (QED) is 0.738. The summed E-state index contributed by atoms with van der Waals surface area (Å²) in [5.74, 6) is 0.736.